The highest BCUT2D eigenvalue weighted by atomic mass is 32.2. The molecule has 6 rings (SSSR count). The predicted octanol–water partition coefficient (Wildman–Crippen LogP) is 2.74. The van der Waals surface area contributed by atoms with Gasteiger partial charge in [-0.15, -0.1) is 0 Å². The number of cyclic esters (lactones) is 1. The van der Waals surface area contributed by atoms with Crippen LogP contribution in [0.15, 0.2) is 52.2 Å². The molecule has 2 aromatic carbocycles. The molecule has 2 aromatic heterocycles. The number of nitrogens with two attached hydrogens (primary N) is 1. The zero-order valence-corrected chi connectivity index (χ0v) is 21.3. The number of rotatable bonds is 4. The number of hydrogen-bond acceptors (Lipinski definition) is 9. The number of benzene rings is 2. The van der Waals surface area contributed by atoms with Gasteiger partial charge in [0.1, 0.15) is 11.5 Å². The smallest absolute Gasteiger partial charge is 0.340 e. The van der Waals surface area contributed by atoms with E-state index >= 15 is 0 Å². The summed E-state index contributed by atoms with van der Waals surface area (Å²) in [6.45, 7) is 3.78. The Kier molecular flexibility index (Phi) is 5.34. The van der Waals surface area contributed by atoms with Crippen LogP contribution in [0.2, 0.25) is 0 Å². The van der Waals surface area contributed by atoms with Crippen LogP contribution in [-0.2, 0) is 39.2 Å². The summed E-state index contributed by atoms with van der Waals surface area (Å²) < 4.78 is 37.8. The van der Waals surface area contributed by atoms with E-state index in [9.17, 15) is 23.1 Å². The van der Waals surface area contributed by atoms with Crippen molar-refractivity contribution in [3.05, 3.63) is 80.6 Å². The van der Waals surface area contributed by atoms with Crippen molar-refractivity contribution in [1.29, 1.82) is 0 Å². The van der Waals surface area contributed by atoms with Crippen molar-refractivity contribution in [3.8, 4) is 17.1 Å². The molecule has 4 aromatic rings. The topological polar surface area (TPSA) is 151 Å². The molecule has 0 spiro atoms. The number of aliphatic hydroxyl groups excluding tert-OH is 1. The number of pyridine rings is 2. The lowest BCUT2D eigenvalue weighted by atomic mass is 9.96. The Hall–Kier alpha value is -4.22. The highest BCUT2D eigenvalue weighted by molar-refractivity contribution is 7.87. The number of anilines is 1. The lowest BCUT2D eigenvalue weighted by molar-refractivity contribution is -0.157. The second-order valence-electron chi connectivity index (χ2n) is 9.36. The maximum atomic E-state index is 13.3. The van der Waals surface area contributed by atoms with E-state index < -0.39 is 22.2 Å². The molecule has 0 amide bonds. The van der Waals surface area contributed by atoms with Gasteiger partial charge in [0.2, 0.25) is 0 Å². The summed E-state index contributed by atoms with van der Waals surface area (Å²) in [4.78, 5) is 29.9. The van der Waals surface area contributed by atoms with Crippen LogP contribution in [0.4, 0.5) is 5.69 Å². The van der Waals surface area contributed by atoms with Gasteiger partial charge in [-0.05, 0) is 49.2 Å². The third kappa shape index (κ3) is 3.50. The monoisotopic (exact) mass is 533 g/mol. The fraction of sp³-hybridized carbons (Fsp3) is 0.222. The third-order valence-corrected chi connectivity index (χ3v) is 8.35. The van der Waals surface area contributed by atoms with Crippen LogP contribution in [0.5, 0.6) is 5.75 Å². The Balaban J connectivity index is 1.50. The molecule has 0 radical (unpaired) electrons. The Morgan fingerprint density at radius 3 is 2.61 bits per heavy atom. The Morgan fingerprint density at radius 1 is 1.16 bits per heavy atom. The van der Waals surface area contributed by atoms with Crippen molar-refractivity contribution < 1.29 is 27.2 Å². The molecular formula is C27H23N3O7S. The van der Waals surface area contributed by atoms with Crippen LogP contribution in [0.1, 0.15) is 40.8 Å². The van der Waals surface area contributed by atoms with Crippen LogP contribution in [-0.4, -0.2) is 29.0 Å². The first-order valence-corrected chi connectivity index (χ1v) is 13.4. The lowest BCUT2D eigenvalue weighted by Gasteiger charge is -2.21. The second-order valence-corrected chi connectivity index (χ2v) is 10.9. The lowest BCUT2D eigenvalue weighted by Crippen LogP contribution is -2.32. The van der Waals surface area contributed by atoms with E-state index in [-0.39, 0.29) is 46.2 Å². The maximum absolute atomic E-state index is 13.3. The fourth-order valence-electron chi connectivity index (χ4n) is 5.15. The molecule has 0 saturated heterocycles. The average Bonchev–Trinajstić information content (AvgIpc) is 3.26. The molecule has 38 heavy (non-hydrogen) atoms. The van der Waals surface area contributed by atoms with Crippen LogP contribution in [0, 0.1) is 6.92 Å². The molecule has 0 fully saturated rings. The minimum atomic E-state index is -4.13. The number of hydrogen-bond donors (Lipinski definition) is 2. The maximum Gasteiger partial charge on any atom is 0.340 e. The first-order chi connectivity index (χ1) is 18.1. The van der Waals surface area contributed by atoms with Gasteiger partial charge < -0.3 is 24.3 Å². The first kappa shape index (κ1) is 24.1. The third-order valence-electron chi connectivity index (χ3n) is 7.10. The molecule has 194 valence electrons. The fourth-order valence-corrected chi connectivity index (χ4v) is 6.10. The molecule has 0 aliphatic carbocycles. The normalized spacial score (nSPS) is 16.1. The number of nitrogens with zero attached hydrogens (tertiary/aromatic N) is 2. The van der Waals surface area contributed by atoms with Crippen molar-refractivity contribution in [2.24, 2.45) is 0 Å². The highest BCUT2D eigenvalue weighted by Crippen LogP contribution is 2.42. The van der Waals surface area contributed by atoms with Gasteiger partial charge in [0.05, 0.1) is 34.7 Å². The zero-order chi connectivity index (χ0) is 26.9. The summed E-state index contributed by atoms with van der Waals surface area (Å²) in [5.74, 6) is -0.821. The number of ether oxygens (including phenoxy) is 1. The van der Waals surface area contributed by atoms with Crippen molar-refractivity contribution in [2.45, 2.75) is 44.4 Å². The number of carbonyl (C=O) groups excluding carboxylic acids is 1. The SMILES string of the molecule is CCc1c2c(nc3ccc(OS(=O)(=O)c4ccc(C)cc4)c(N)c13)-c1cc3c(c(=O)n1C2)COC(=O)[C@H]3O. The van der Waals surface area contributed by atoms with Crippen LogP contribution < -0.4 is 15.5 Å². The summed E-state index contributed by atoms with van der Waals surface area (Å²) in [6, 6.07) is 11.0. The highest BCUT2D eigenvalue weighted by Gasteiger charge is 2.35. The molecule has 0 unspecified atom stereocenters. The van der Waals surface area contributed by atoms with E-state index in [1.54, 1.807) is 24.3 Å². The molecule has 4 heterocycles. The average molecular weight is 534 g/mol. The molecule has 10 nitrogen and oxygen atoms in total. The van der Waals surface area contributed by atoms with Gasteiger partial charge in [0.25, 0.3) is 5.56 Å². The van der Waals surface area contributed by atoms with Gasteiger partial charge in [-0.25, -0.2) is 9.78 Å². The van der Waals surface area contributed by atoms with Crippen molar-refractivity contribution in [1.82, 2.24) is 9.55 Å². The summed E-state index contributed by atoms with van der Waals surface area (Å²) in [6.07, 6.45) is -1.02. The van der Waals surface area contributed by atoms with Gasteiger partial charge >= 0.3 is 16.1 Å². The van der Waals surface area contributed by atoms with Gasteiger partial charge in [0, 0.05) is 16.5 Å². The van der Waals surface area contributed by atoms with E-state index in [2.05, 4.69) is 0 Å². The minimum absolute atomic E-state index is 0.00818. The first-order valence-electron chi connectivity index (χ1n) is 12.0. The Labute approximate surface area is 217 Å². The number of carbonyl (C=O) groups is 1. The van der Waals surface area contributed by atoms with Crippen molar-refractivity contribution in [3.63, 3.8) is 0 Å². The molecule has 0 saturated carbocycles. The van der Waals surface area contributed by atoms with Crippen LogP contribution >= 0.6 is 0 Å². The predicted molar refractivity (Wildman–Crippen MR) is 138 cm³/mol. The Bertz CT molecular complexity index is 1840. The summed E-state index contributed by atoms with van der Waals surface area (Å²) in [5.41, 5.74) is 10.7. The Morgan fingerprint density at radius 2 is 1.89 bits per heavy atom. The summed E-state index contributed by atoms with van der Waals surface area (Å²) in [5, 5.41) is 10.9. The zero-order valence-electron chi connectivity index (χ0n) is 20.5. The molecule has 3 N–H and O–H groups in total. The molecule has 2 aliphatic heterocycles. The molecular weight excluding hydrogens is 510 g/mol. The number of fused-ring (bicyclic) bond motifs is 5. The number of esters is 1. The van der Waals surface area contributed by atoms with E-state index in [0.717, 1.165) is 16.7 Å². The quantitative estimate of drug-likeness (QED) is 0.202. The van der Waals surface area contributed by atoms with E-state index in [0.29, 0.717) is 28.7 Å². The van der Waals surface area contributed by atoms with Crippen molar-refractivity contribution in [2.75, 3.05) is 5.73 Å². The number of aliphatic hydroxyl groups is 1. The minimum Gasteiger partial charge on any atom is -0.458 e. The van der Waals surface area contributed by atoms with Gasteiger partial charge in [-0.2, -0.15) is 8.42 Å². The van der Waals surface area contributed by atoms with Gasteiger partial charge in [0.15, 0.2) is 11.9 Å². The molecule has 2 aliphatic rings. The van der Waals surface area contributed by atoms with E-state index in [1.807, 2.05) is 13.8 Å². The second kappa shape index (κ2) is 8.40. The summed E-state index contributed by atoms with van der Waals surface area (Å²) in [7, 11) is -4.13. The van der Waals surface area contributed by atoms with Gasteiger partial charge in [-0.1, -0.05) is 24.6 Å². The molecule has 11 heteroatoms. The molecule has 1 atom stereocenters. The van der Waals surface area contributed by atoms with E-state index in [1.165, 1.54) is 22.8 Å². The largest absolute Gasteiger partial charge is 0.458 e. The standard InChI is InChI=1S/C27H23N3O7S/c1-3-15-17-11-30-20(10-16-18(26(30)32)12-36-27(33)25(16)31)24(17)29-19-8-9-21(23(28)22(15)19)37-38(34,35)14-6-4-13(2)5-7-14/h4-10,25,31H,3,11-12,28H2,1-2H3/t25-/m0/s1. The van der Waals surface area contributed by atoms with Gasteiger partial charge in [-0.3, -0.25) is 4.79 Å². The number of aromatic nitrogens is 2. The van der Waals surface area contributed by atoms with E-state index in [4.69, 9.17) is 19.6 Å². The summed E-state index contributed by atoms with van der Waals surface area (Å²) >= 11 is 0. The van der Waals surface area contributed by atoms with Crippen molar-refractivity contribution >= 4 is 32.7 Å². The van der Waals surface area contributed by atoms with Crippen LogP contribution in [0.25, 0.3) is 22.3 Å². The number of aryl methyl sites for hydroxylation is 2. The van der Waals surface area contributed by atoms with Crippen LogP contribution in [0.3, 0.4) is 0 Å². The molecule has 0 bridgehead atoms. The number of nitrogen functional groups attached to an aromatic ring is 1.